The molecule has 0 radical (unpaired) electrons. The van der Waals surface area contributed by atoms with Crippen molar-refractivity contribution in [2.45, 2.75) is 13.5 Å². The van der Waals surface area contributed by atoms with E-state index in [9.17, 15) is 10.1 Å². The molecule has 2 aromatic rings. The molecule has 1 aromatic heterocycles. The van der Waals surface area contributed by atoms with Crippen LogP contribution in [0.15, 0.2) is 42.6 Å². The van der Waals surface area contributed by atoms with Crippen molar-refractivity contribution in [3.63, 3.8) is 0 Å². The van der Waals surface area contributed by atoms with E-state index in [-0.39, 0.29) is 12.3 Å². The molecule has 0 saturated heterocycles. The van der Waals surface area contributed by atoms with Crippen LogP contribution in [0.1, 0.15) is 11.3 Å². The van der Waals surface area contributed by atoms with Gasteiger partial charge in [-0.05, 0) is 25.1 Å². The summed E-state index contributed by atoms with van der Waals surface area (Å²) in [6.07, 6.45) is 1.51. The smallest absolute Gasteiger partial charge is 0.294 e. The summed E-state index contributed by atoms with van der Waals surface area (Å²) in [6, 6.07) is 10.4. The monoisotopic (exact) mass is 244 g/mol. The van der Waals surface area contributed by atoms with Crippen LogP contribution in [0.4, 0.5) is 5.69 Å². The van der Waals surface area contributed by atoms with Gasteiger partial charge in [-0.1, -0.05) is 17.7 Å². The first-order valence-corrected chi connectivity index (χ1v) is 5.44. The lowest BCUT2D eigenvalue weighted by molar-refractivity contribution is -0.386. The van der Waals surface area contributed by atoms with Crippen LogP contribution in [0.25, 0.3) is 0 Å². The molecule has 5 heteroatoms. The van der Waals surface area contributed by atoms with Gasteiger partial charge in [0.25, 0.3) is 5.69 Å². The topological polar surface area (TPSA) is 65.3 Å². The second-order valence-corrected chi connectivity index (χ2v) is 3.83. The van der Waals surface area contributed by atoms with Gasteiger partial charge in [0, 0.05) is 12.3 Å². The number of aryl methyl sites for hydroxylation is 1. The summed E-state index contributed by atoms with van der Waals surface area (Å²) in [5.41, 5.74) is 1.43. The van der Waals surface area contributed by atoms with Crippen LogP contribution in [-0.2, 0) is 6.61 Å². The molecule has 2 rings (SSSR count). The van der Waals surface area contributed by atoms with E-state index in [1.807, 2.05) is 31.2 Å². The largest absolute Gasteiger partial charge is 0.487 e. The van der Waals surface area contributed by atoms with Gasteiger partial charge in [0.2, 0.25) is 0 Å². The predicted molar refractivity (Wildman–Crippen MR) is 66.4 cm³/mol. The quantitative estimate of drug-likeness (QED) is 0.612. The molecule has 0 spiro atoms. The zero-order valence-corrected chi connectivity index (χ0v) is 9.87. The highest BCUT2D eigenvalue weighted by molar-refractivity contribution is 5.34. The van der Waals surface area contributed by atoms with Gasteiger partial charge < -0.3 is 4.74 Å². The van der Waals surface area contributed by atoms with Gasteiger partial charge in [-0.25, -0.2) is 0 Å². The van der Waals surface area contributed by atoms with E-state index < -0.39 is 4.92 Å². The molecule has 0 atom stereocenters. The third kappa shape index (κ3) is 2.82. The molecule has 0 fully saturated rings. The third-order valence-corrected chi connectivity index (χ3v) is 2.46. The summed E-state index contributed by atoms with van der Waals surface area (Å²) in [5.74, 6) is 0.667. The summed E-state index contributed by atoms with van der Waals surface area (Å²) in [7, 11) is 0. The van der Waals surface area contributed by atoms with Gasteiger partial charge in [0.05, 0.1) is 4.92 Å². The van der Waals surface area contributed by atoms with E-state index in [1.54, 1.807) is 0 Å². The highest BCUT2D eigenvalue weighted by Crippen LogP contribution is 2.18. The first-order chi connectivity index (χ1) is 8.66. The lowest BCUT2D eigenvalue weighted by Crippen LogP contribution is -2.02. The van der Waals surface area contributed by atoms with Crippen molar-refractivity contribution in [2.75, 3.05) is 0 Å². The Labute approximate surface area is 104 Å². The number of rotatable bonds is 4. The van der Waals surface area contributed by atoms with Crippen molar-refractivity contribution < 1.29 is 9.66 Å². The van der Waals surface area contributed by atoms with Crippen molar-refractivity contribution in [3.05, 3.63) is 64.0 Å². The Bertz CT molecular complexity index is 552. The molecule has 92 valence electrons. The molecule has 0 aliphatic rings. The van der Waals surface area contributed by atoms with Gasteiger partial charge in [0.1, 0.15) is 12.4 Å². The maximum atomic E-state index is 10.8. The molecule has 0 bridgehead atoms. The van der Waals surface area contributed by atoms with Crippen LogP contribution in [0, 0.1) is 17.0 Å². The van der Waals surface area contributed by atoms with Crippen LogP contribution >= 0.6 is 0 Å². The third-order valence-electron chi connectivity index (χ3n) is 2.46. The first-order valence-electron chi connectivity index (χ1n) is 5.44. The fourth-order valence-electron chi connectivity index (χ4n) is 1.49. The van der Waals surface area contributed by atoms with Gasteiger partial charge in [-0.15, -0.1) is 0 Å². The van der Waals surface area contributed by atoms with Crippen molar-refractivity contribution in [3.8, 4) is 5.75 Å². The molecule has 1 heterocycles. The minimum absolute atomic E-state index is 0.0235. The Morgan fingerprint density at radius 3 is 2.67 bits per heavy atom. The highest BCUT2D eigenvalue weighted by atomic mass is 16.6. The summed E-state index contributed by atoms with van der Waals surface area (Å²) < 4.78 is 5.47. The second-order valence-electron chi connectivity index (χ2n) is 3.83. The van der Waals surface area contributed by atoms with E-state index >= 15 is 0 Å². The summed E-state index contributed by atoms with van der Waals surface area (Å²) in [5, 5.41) is 10.8. The number of nitro groups is 1. The van der Waals surface area contributed by atoms with Gasteiger partial charge in [-0.2, -0.15) is 0 Å². The number of benzene rings is 1. The summed E-state index contributed by atoms with van der Waals surface area (Å²) in [6.45, 7) is 2.06. The number of aromatic nitrogens is 1. The van der Waals surface area contributed by atoms with Crippen LogP contribution in [0.2, 0.25) is 0 Å². The molecule has 5 nitrogen and oxygen atoms in total. The van der Waals surface area contributed by atoms with Crippen LogP contribution in [0.3, 0.4) is 0 Å². The predicted octanol–water partition coefficient (Wildman–Crippen LogP) is 2.88. The Balaban J connectivity index is 2.10. The lowest BCUT2D eigenvalue weighted by atomic mass is 10.2. The molecular formula is C13H12N2O3. The Morgan fingerprint density at radius 2 is 2.00 bits per heavy atom. The van der Waals surface area contributed by atoms with Crippen molar-refractivity contribution in [1.82, 2.24) is 4.98 Å². The summed E-state index contributed by atoms with van der Waals surface area (Å²) >= 11 is 0. The van der Waals surface area contributed by atoms with Crippen LogP contribution in [-0.4, -0.2) is 9.91 Å². The van der Waals surface area contributed by atoms with Crippen molar-refractivity contribution in [2.24, 2.45) is 0 Å². The minimum atomic E-state index is -0.458. The number of ether oxygens (including phenoxy) is 1. The lowest BCUT2D eigenvalue weighted by Gasteiger charge is -2.06. The zero-order chi connectivity index (χ0) is 13.0. The molecule has 0 amide bonds. The molecule has 0 unspecified atom stereocenters. The number of pyridine rings is 1. The van der Waals surface area contributed by atoms with Crippen LogP contribution in [0.5, 0.6) is 5.75 Å². The fourth-order valence-corrected chi connectivity index (χ4v) is 1.49. The standard InChI is InChI=1S/C13H12N2O3/c1-10-4-6-11(7-5-10)18-9-12-13(15(16)17)3-2-8-14-12/h2-8H,9H2,1H3. The molecule has 18 heavy (non-hydrogen) atoms. The normalized spacial score (nSPS) is 10.1. The SMILES string of the molecule is Cc1ccc(OCc2ncccc2[N+](=O)[O-])cc1. The molecule has 0 aliphatic carbocycles. The van der Waals surface area contributed by atoms with Gasteiger partial charge in [-0.3, -0.25) is 15.1 Å². The maximum absolute atomic E-state index is 10.8. The number of nitrogens with zero attached hydrogens (tertiary/aromatic N) is 2. The summed E-state index contributed by atoms with van der Waals surface area (Å²) in [4.78, 5) is 14.3. The zero-order valence-electron chi connectivity index (χ0n) is 9.87. The van der Waals surface area contributed by atoms with Gasteiger partial charge >= 0.3 is 0 Å². The van der Waals surface area contributed by atoms with Gasteiger partial charge in [0.15, 0.2) is 5.69 Å². The number of hydrogen-bond acceptors (Lipinski definition) is 4. The number of hydrogen-bond donors (Lipinski definition) is 0. The van der Waals surface area contributed by atoms with E-state index in [2.05, 4.69) is 4.98 Å². The Kier molecular flexibility index (Phi) is 3.52. The van der Waals surface area contributed by atoms with E-state index in [0.717, 1.165) is 5.56 Å². The molecular weight excluding hydrogens is 232 g/mol. The van der Waals surface area contributed by atoms with Crippen molar-refractivity contribution >= 4 is 5.69 Å². The average Bonchev–Trinajstić information content (AvgIpc) is 2.38. The molecule has 0 N–H and O–H groups in total. The first kappa shape index (κ1) is 12.0. The molecule has 0 saturated carbocycles. The van der Waals surface area contributed by atoms with E-state index in [1.165, 1.54) is 18.3 Å². The van der Waals surface area contributed by atoms with Crippen LogP contribution < -0.4 is 4.74 Å². The average molecular weight is 244 g/mol. The minimum Gasteiger partial charge on any atom is -0.487 e. The molecule has 1 aromatic carbocycles. The maximum Gasteiger partial charge on any atom is 0.294 e. The Morgan fingerprint density at radius 1 is 1.28 bits per heavy atom. The molecule has 0 aliphatic heterocycles. The van der Waals surface area contributed by atoms with Crippen molar-refractivity contribution in [1.29, 1.82) is 0 Å². The Hall–Kier alpha value is -2.43. The fraction of sp³-hybridized carbons (Fsp3) is 0.154. The second kappa shape index (κ2) is 5.27. The van der Waals surface area contributed by atoms with E-state index in [0.29, 0.717) is 11.4 Å². The highest BCUT2D eigenvalue weighted by Gasteiger charge is 2.14. The van der Waals surface area contributed by atoms with E-state index in [4.69, 9.17) is 4.74 Å².